The van der Waals surface area contributed by atoms with Crippen LogP contribution in [0.2, 0.25) is 0 Å². The first kappa shape index (κ1) is 19.5. The van der Waals surface area contributed by atoms with E-state index in [-0.39, 0.29) is 0 Å². The minimum absolute atomic E-state index is 0.608. The molecule has 28 heavy (non-hydrogen) atoms. The average Bonchev–Trinajstić information content (AvgIpc) is 3.45. The zero-order valence-corrected chi connectivity index (χ0v) is 17.0. The molecule has 1 atom stereocenters. The predicted octanol–water partition coefficient (Wildman–Crippen LogP) is 1.74. The fourth-order valence-corrected chi connectivity index (χ4v) is 3.88. The van der Waals surface area contributed by atoms with Gasteiger partial charge in [0.25, 0.3) is 0 Å². The third-order valence-electron chi connectivity index (χ3n) is 5.73. The zero-order valence-electron chi connectivity index (χ0n) is 17.0. The van der Waals surface area contributed by atoms with Gasteiger partial charge in [-0.3, -0.25) is 4.90 Å². The Morgan fingerprint density at radius 2 is 2.14 bits per heavy atom. The van der Waals surface area contributed by atoms with Crippen LogP contribution in [0.4, 0.5) is 0 Å². The van der Waals surface area contributed by atoms with Crippen molar-refractivity contribution in [2.45, 2.75) is 38.8 Å². The Hall–Kier alpha value is -1.86. The molecule has 2 aliphatic heterocycles. The van der Waals surface area contributed by atoms with Crippen molar-refractivity contribution in [1.82, 2.24) is 20.1 Å². The van der Waals surface area contributed by atoms with Crippen molar-refractivity contribution in [2.75, 3.05) is 52.5 Å². The number of rotatable bonds is 7. The number of nitrogens with zero attached hydrogens (tertiary/aromatic N) is 4. The Morgan fingerprint density at radius 1 is 1.29 bits per heavy atom. The van der Waals surface area contributed by atoms with Crippen molar-refractivity contribution in [3.8, 4) is 5.88 Å². The molecule has 1 aliphatic carbocycles. The van der Waals surface area contributed by atoms with E-state index in [0.717, 1.165) is 75.9 Å². The highest BCUT2D eigenvalue weighted by molar-refractivity contribution is 5.80. The lowest BCUT2D eigenvalue weighted by atomic mass is 10.2. The van der Waals surface area contributed by atoms with Crippen LogP contribution in [0, 0.1) is 5.92 Å². The van der Waals surface area contributed by atoms with Gasteiger partial charge < -0.3 is 19.7 Å². The Kier molecular flexibility index (Phi) is 6.65. The van der Waals surface area contributed by atoms with Gasteiger partial charge in [-0.2, -0.15) is 0 Å². The predicted molar refractivity (Wildman–Crippen MR) is 110 cm³/mol. The maximum atomic E-state index is 5.80. The molecule has 0 radical (unpaired) electrons. The second-order valence-electron chi connectivity index (χ2n) is 7.96. The highest BCUT2D eigenvalue weighted by atomic mass is 16.5. The minimum Gasteiger partial charge on any atom is -0.477 e. The Morgan fingerprint density at radius 3 is 2.93 bits per heavy atom. The number of guanidine groups is 1. The van der Waals surface area contributed by atoms with Gasteiger partial charge in [0.15, 0.2) is 5.96 Å². The number of morpholine rings is 1. The van der Waals surface area contributed by atoms with Crippen molar-refractivity contribution >= 4 is 5.96 Å². The molecule has 7 nitrogen and oxygen atoms in total. The van der Waals surface area contributed by atoms with Crippen LogP contribution < -0.4 is 10.1 Å². The first-order chi connectivity index (χ1) is 13.8. The molecule has 3 fully saturated rings. The average molecular weight is 388 g/mol. The van der Waals surface area contributed by atoms with E-state index < -0.39 is 0 Å². The fourth-order valence-electron chi connectivity index (χ4n) is 3.88. The molecule has 1 unspecified atom stereocenters. The van der Waals surface area contributed by atoms with E-state index in [1.54, 1.807) is 0 Å². The summed E-state index contributed by atoms with van der Waals surface area (Å²) in [4.78, 5) is 14.2. The molecule has 1 aromatic rings. The summed E-state index contributed by atoms with van der Waals surface area (Å²) in [6, 6.07) is 4.66. The second kappa shape index (κ2) is 9.56. The molecule has 0 bridgehead atoms. The number of hydrogen-bond donors (Lipinski definition) is 1. The highest BCUT2D eigenvalue weighted by Crippen LogP contribution is 2.29. The van der Waals surface area contributed by atoms with Gasteiger partial charge in [0, 0.05) is 51.0 Å². The molecular formula is C21H33N5O2. The molecule has 0 amide bonds. The number of likely N-dealkylation sites (tertiary alicyclic amines) is 1. The Labute approximate surface area is 168 Å². The molecule has 2 saturated heterocycles. The van der Waals surface area contributed by atoms with Crippen LogP contribution in [-0.4, -0.2) is 79.3 Å². The van der Waals surface area contributed by atoms with Gasteiger partial charge in [-0.25, -0.2) is 9.98 Å². The summed E-state index contributed by atoms with van der Waals surface area (Å²) in [5.74, 6) is 2.46. The summed E-state index contributed by atoms with van der Waals surface area (Å²) in [5.41, 5.74) is 1.14. The molecule has 154 valence electrons. The first-order valence-electron chi connectivity index (χ1n) is 10.7. The van der Waals surface area contributed by atoms with Crippen LogP contribution in [0.25, 0.3) is 0 Å². The largest absolute Gasteiger partial charge is 0.477 e. The van der Waals surface area contributed by atoms with Gasteiger partial charge >= 0.3 is 0 Å². The molecule has 4 rings (SSSR count). The lowest BCUT2D eigenvalue weighted by molar-refractivity contribution is 0.0195. The molecule has 7 heteroatoms. The molecule has 1 aromatic heterocycles. The molecule has 3 aliphatic rings. The summed E-state index contributed by atoms with van der Waals surface area (Å²) < 4.78 is 11.3. The maximum absolute atomic E-state index is 5.80. The third-order valence-corrected chi connectivity index (χ3v) is 5.73. The smallest absolute Gasteiger partial charge is 0.213 e. The number of aromatic nitrogens is 1. The van der Waals surface area contributed by atoms with Crippen LogP contribution in [0.15, 0.2) is 23.3 Å². The Balaban J connectivity index is 1.34. The number of pyridine rings is 1. The molecule has 3 heterocycles. The molecule has 1 saturated carbocycles. The van der Waals surface area contributed by atoms with Gasteiger partial charge in [0.2, 0.25) is 5.88 Å². The molecular weight excluding hydrogens is 354 g/mol. The first-order valence-corrected chi connectivity index (χ1v) is 10.7. The second-order valence-corrected chi connectivity index (χ2v) is 7.96. The number of nitrogens with one attached hydrogen (secondary N) is 1. The topological polar surface area (TPSA) is 62.2 Å². The summed E-state index contributed by atoms with van der Waals surface area (Å²) in [6.45, 7) is 10.3. The normalized spacial score (nSPS) is 23.8. The van der Waals surface area contributed by atoms with Gasteiger partial charge in [-0.1, -0.05) is 0 Å². The van der Waals surface area contributed by atoms with Gasteiger partial charge in [0.05, 0.1) is 26.4 Å². The SMILES string of the molecule is CCNC(=NCc1ccnc(OCC2CC2)c1)N1CCC(N2CCOCC2)C1. The minimum atomic E-state index is 0.608. The van der Waals surface area contributed by atoms with Crippen molar-refractivity contribution in [3.05, 3.63) is 23.9 Å². The Bertz CT molecular complexity index is 658. The van der Waals surface area contributed by atoms with Gasteiger partial charge in [0.1, 0.15) is 0 Å². The lowest BCUT2D eigenvalue weighted by Gasteiger charge is -2.32. The molecule has 0 aromatic carbocycles. The summed E-state index contributed by atoms with van der Waals surface area (Å²) in [6.07, 6.45) is 5.60. The van der Waals surface area contributed by atoms with Crippen LogP contribution in [-0.2, 0) is 11.3 Å². The van der Waals surface area contributed by atoms with E-state index in [1.807, 2.05) is 18.3 Å². The van der Waals surface area contributed by atoms with Crippen molar-refractivity contribution in [3.63, 3.8) is 0 Å². The number of hydrogen-bond acceptors (Lipinski definition) is 5. The van der Waals surface area contributed by atoms with Crippen molar-refractivity contribution in [2.24, 2.45) is 10.9 Å². The maximum Gasteiger partial charge on any atom is 0.213 e. The zero-order chi connectivity index (χ0) is 19.2. The van der Waals surface area contributed by atoms with E-state index >= 15 is 0 Å². The van der Waals surface area contributed by atoms with Crippen LogP contribution in [0.5, 0.6) is 5.88 Å². The van der Waals surface area contributed by atoms with Gasteiger partial charge in [-0.05, 0) is 43.7 Å². The summed E-state index contributed by atoms with van der Waals surface area (Å²) in [7, 11) is 0. The van der Waals surface area contributed by atoms with Crippen LogP contribution in [0.1, 0.15) is 31.7 Å². The quantitative estimate of drug-likeness (QED) is 0.568. The van der Waals surface area contributed by atoms with Crippen LogP contribution >= 0.6 is 0 Å². The van der Waals surface area contributed by atoms with Crippen molar-refractivity contribution in [1.29, 1.82) is 0 Å². The molecule has 0 spiro atoms. The van der Waals surface area contributed by atoms with Crippen LogP contribution in [0.3, 0.4) is 0 Å². The van der Waals surface area contributed by atoms with E-state index in [0.29, 0.717) is 12.6 Å². The summed E-state index contributed by atoms with van der Waals surface area (Å²) in [5, 5.41) is 3.47. The van der Waals surface area contributed by atoms with Gasteiger partial charge in [-0.15, -0.1) is 0 Å². The van der Waals surface area contributed by atoms with E-state index in [1.165, 1.54) is 19.3 Å². The van der Waals surface area contributed by atoms with Crippen molar-refractivity contribution < 1.29 is 9.47 Å². The standard InChI is InChI=1S/C21H33N5O2/c1-2-22-21(26-8-6-19(15-26)25-9-11-27-12-10-25)24-14-18-5-7-23-20(13-18)28-16-17-3-4-17/h5,7,13,17,19H,2-4,6,8-12,14-16H2,1H3,(H,22,24). The highest BCUT2D eigenvalue weighted by Gasteiger charge is 2.30. The fraction of sp³-hybridized carbons (Fsp3) is 0.714. The van der Waals surface area contributed by atoms with E-state index in [2.05, 4.69) is 27.0 Å². The number of ether oxygens (including phenoxy) is 2. The third kappa shape index (κ3) is 5.35. The lowest BCUT2D eigenvalue weighted by Crippen LogP contribution is -2.46. The van der Waals surface area contributed by atoms with E-state index in [4.69, 9.17) is 14.5 Å². The molecule has 1 N–H and O–H groups in total. The number of aliphatic imine (C=N–C) groups is 1. The van der Waals surface area contributed by atoms with E-state index in [9.17, 15) is 0 Å². The summed E-state index contributed by atoms with van der Waals surface area (Å²) >= 11 is 0. The monoisotopic (exact) mass is 387 g/mol.